The van der Waals surface area contributed by atoms with Crippen molar-refractivity contribution in [2.24, 2.45) is 0 Å². The van der Waals surface area contributed by atoms with Gasteiger partial charge in [0.25, 0.3) is 0 Å². The predicted molar refractivity (Wildman–Crippen MR) is 53.0 cm³/mol. The lowest BCUT2D eigenvalue weighted by molar-refractivity contribution is 0.178. The lowest BCUT2D eigenvalue weighted by atomic mass is 10.1. The smallest absolute Gasteiger partial charge is 0.176 e. The van der Waals surface area contributed by atoms with Gasteiger partial charge in [0, 0.05) is 12.1 Å². The van der Waals surface area contributed by atoms with Crippen LogP contribution in [0, 0.1) is 28.7 Å². The van der Waals surface area contributed by atoms with Crippen LogP contribution in [0.5, 0.6) is 5.75 Å². The summed E-state index contributed by atoms with van der Waals surface area (Å²) < 4.78 is 0. The molecule has 0 spiro atoms. The van der Waals surface area contributed by atoms with Gasteiger partial charge in [0.15, 0.2) is 5.75 Å². The molecule has 0 aliphatic rings. The van der Waals surface area contributed by atoms with Crippen LogP contribution in [0.4, 0.5) is 0 Å². The molecule has 0 unspecified atom stereocenters. The van der Waals surface area contributed by atoms with E-state index >= 15 is 0 Å². The number of benzene rings is 1. The zero-order valence-electron chi connectivity index (χ0n) is 8.08. The van der Waals surface area contributed by atoms with E-state index in [4.69, 9.17) is 15.4 Å². The molecule has 0 saturated carbocycles. The molecule has 0 atom stereocenters. The maximum atomic E-state index is 8.86. The zero-order valence-corrected chi connectivity index (χ0v) is 8.08. The molecule has 1 aromatic heterocycles. The molecule has 0 bridgehead atoms. The third-order valence-electron chi connectivity index (χ3n) is 1.85. The van der Waals surface area contributed by atoms with Crippen molar-refractivity contribution in [2.75, 3.05) is 0 Å². The second-order valence-electron chi connectivity index (χ2n) is 2.87. The maximum Gasteiger partial charge on any atom is 0.176 e. The maximum absolute atomic E-state index is 8.86. The van der Waals surface area contributed by atoms with E-state index < -0.39 is 0 Å². The van der Waals surface area contributed by atoms with Gasteiger partial charge in [-0.25, -0.2) is 0 Å². The van der Waals surface area contributed by atoms with Gasteiger partial charge in [-0.15, -0.1) is 5.10 Å². The van der Waals surface area contributed by atoms with Crippen LogP contribution in [-0.4, -0.2) is 9.94 Å². The van der Waals surface area contributed by atoms with Gasteiger partial charge in [0.2, 0.25) is 0 Å². The van der Waals surface area contributed by atoms with Gasteiger partial charge in [0.1, 0.15) is 6.07 Å². The summed E-state index contributed by atoms with van der Waals surface area (Å²) in [6.07, 6.45) is 2.90. The Morgan fingerprint density at radius 3 is 2.81 bits per heavy atom. The third-order valence-corrected chi connectivity index (χ3v) is 1.85. The van der Waals surface area contributed by atoms with Crippen molar-refractivity contribution in [3.8, 4) is 17.9 Å². The van der Waals surface area contributed by atoms with Crippen LogP contribution in [0.3, 0.4) is 0 Å². The van der Waals surface area contributed by atoms with Crippen LogP contribution in [0.25, 0.3) is 0 Å². The molecule has 0 saturated heterocycles. The molecule has 1 aromatic carbocycles. The molecule has 5 heteroatoms. The number of nitrogens with zero attached hydrogens (tertiary/aromatic N) is 4. The van der Waals surface area contributed by atoms with Crippen LogP contribution in [-0.2, 0) is 0 Å². The first-order chi connectivity index (χ1) is 7.83. The molecule has 75 valence electrons. The van der Waals surface area contributed by atoms with Crippen molar-refractivity contribution >= 4 is 0 Å². The van der Waals surface area contributed by atoms with Crippen molar-refractivity contribution in [3.63, 3.8) is 0 Å². The highest BCUT2D eigenvalue weighted by atomic mass is 16.7. The van der Waals surface area contributed by atoms with Crippen LogP contribution >= 0.6 is 0 Å². The van der Waals surface area contributed by atoms with Crippen LogP contribution in [0.2, 0.25) is 0 Å². The zero-order chi connectivity index (χ0) is 11.4. The predicted octanol–water partition coefficient (Wildman–Crippen LogP) is 1.27. The van der Waals surface area contributed by atoms with E-state index in [1.807, 2.05) is 12.1 Å². The third kappa shape index (κ3) is 1.84. The first kappa shape index (κ1) is 9.75. The number of hydrogen-bond acceptors (Lipinski definition) is 4. The van der Waals surface area contributed by atoms with E-state index in [0.29, 0.717) is 16.9 Å². The van der Waals surface area contributed by atoms with Gasteiger partial charge in [-0.05, 0) is 12.1 Å². The first-order valence-corrected chi connectivity index (χ1v) is 4.37. The highest BCUT2D eigenvalue weighted by molar-refractivity contribution is 5.48. The minimum Gasteiger partial charge on any atom is -0.357 e. The minimum absolute atomic E-state index is 0.290. The van der Waals surface area contributed by atoms with Crippen molar-refractivity contribution in [2.45, 2.75) is 0 Å². The fourth-order valence-electron chi connectivity index (χ4n) is 1.13. The van der Waals surface area contributed by atoms with Gasteiger partial charge in [0.05, 0.1) is 29.6 Å². The molecule has 1 radical (unpaired) electrons. The van der Waals surface area contributed by atoms with E-state index in [1.54, 1.807) is 6.07 Å². The van der Waals surface area contributed by atoms with E-state index in [9.17, 15) is 0 Å². The second kappa shape index (κ2) is 4.16. The van der Waals surface area contributed by atoms with E-state index in [1.165, 1.54) is 24.5 Å². The highest BCUT2D eigenvalue weighted by Crippen LogP contribution is 2.19. The highest BCUT2D eigenvalue weighted by Gasteiger charge is 2.06. The summed E-state index contributed by atoms with van der Waals surface area (Å²) in [6.45, 7) is 0. The van der Waals surface area contributed by atoms with E-state index in [0.717, 1.165) is 4.85 Å². The molecule has 5 nitrogen and oxygen atoms in total. The lowest BCUT2D eigenvalue weighted by Crippen LogP contribution is -2.06. The van der Waals surface area contributed by atoms with E-state index in [2.05, 4.69) is 11.2 Å². The van der Waals surface area contributed by atoms with Gasteiger partial charge >= 0.3 is 0 Å². The van der Waals surface area contributed by atoms with Crippen molar-refractivity contribution in [3.05, 3.63) is 47.8 Å². The molecule has 0 fully saturated rings. The monoisotopic (exact) mass is 209 g/mol. The summed E-state index contributed by atoms with van der Waals surface area (Å²) >= 11 is 0. The topological polar surface area (TPSA) is 74.6 Å². The number of aromatic nitrogens is 2. The van der Waals surface area contributed by atoms with Gasteiger partial charge < -0.3 is 4.84 Å². The van der Waals surface area contributed by atoms with Crippen molar-refractivity contribution in [1.82, 2.24) is 9.94 Å². The van der Waals surface area contributed by atoms with E-state index in [-0.39, 0.29) is 0 Å². The van der Waals surface area contributed by atoms with Gasteiger partial charge in [-0.2, -0.15) is 10.5 Å². The Morgan fingerprint density at radius 1 is 1.31 bits per heavy atom. The molecule has 0 N–H and O–H groups in total. The largest absolute Gasteiger partial charge is 0.357 e. The lowest BCUT2D eigenvalue weighted by Gasteiger charge is -2.05. The molecule has 1 heterocycles. The number of rotatable bonds is 2. The minimum atomic E-state index is 0.290. The Morgan fingerprint density at radius 2 is 2.19 bits per heavy atom. The molecular weight excluding hydrogens is 204 g/mol. The molecule has 2 rings (SSSR count). The molecule has 0 aliphatic heterocycles. The Labute approximate surface area is 91.7 Å². The van der Waals surface area contributed by atoms with Crippen LogP contribution in [0.1, 0.15) is 11.1 Å². The Hall–Kier alpha value is -2.79. The fourth-order valence-corrected chi connectivity index (χ4v) is 1.13. The van der Waals surface area contributed by atoms with Crippen LogP contribution in [0.15, 0.2) is 30.6 Å². The number of nitriles is 2. The molecule has 2 aromatic rings. The molecule has 0 aliphatic carbocycles. The summed E-state index contributed by atoms with van der Waals surface area (Å²) in [4.78, 5) is 6.45. The SMILES string of the molecule is N#Cc1ccc(C#N)c(On2c[c]cn2)c1. The summed E-state index contributed by atoms with van der Waals surface area (Å²) in [5.74, 6) is 0.290. The molecular formula is C11H5N4O. The Balaban J connectivity index is 2.39. The summed E-state index contributed by atoms with van der Waals surface area (Å²) in [5, 5.41) is 21.4. The summed E-state index contributed by atoms with van der Waals surface area (Å²) in [6, 6.07) is 11.2. The summed E-state index contributed by atoms with van der Waals surface area (Å²) in [5.41, 5.74) is 0.764. The number of hydrogen-bond donors (Lipinski definition) is 0. The van der Waals surface area contributed by atoms with Crippen molar-refractivity contribution in [1.29, 1.82) is 10.5 Å². The Bertz CT molecular complexity index is 575. The first-order valence-electron chi connectivity index (χ1n) is 4.37. The average molecular weight is 209 g/mol. The second-order valence-corrected chi connectivity index (χ2v) is 2.87. The van der Waals surface area contributed by atoms with Gasteiger partial charge in [-0.1, -0.05) is 4.85 Å². The molecule has 0 amide bonds. The normalized spacial score (nSPS) is 9.12. The standard InChI is InChI=1S/C11H5N4O/c12-7-9-2-3-10(8-13)11(6-9)16-15-5-1-4-14-15/h2-6H. The average Bonchev–Trinajstić information content (AvgIpc) is 2.82. The summed E-state index contributed by atoms with van der Waals surface area (Å²) in [7, 11) is 0. The Kier molecular flexibility index (Phi) is 2.53. The quantitative estimate of drug-likeness (QED) is 0.746. The van der Waals surface area contributed by atoms with Gasteiger partial charge in [-0.3, -0.25) is 0 Å². The molecule has 16 heavy (non-hydrogen) atoms. The van der Waals surface area contributed by atoms with Crippen LogP contribution < -0.4 is 4.84 Å². The fraction of sp³-hybridized carbons (Fsp3) is 0. The van der Waals surface area contributed by atoms with Crippen molar-refractivity contribution < 1.29 is 4.84 Å².